The molecule has 16 heavy (non-hydrogen) atoms. The summed E-state index contributed by atoms with van der Waals surface area (Å²) >= 11 is 0. The van der Waals surface area contributed by atoms with Crippen LogP contribution in [-0.4, -0.2) is 37.6 Å². The molecule has 1 N–H and O–H groups in total. The van der Waals surface area contributed by atoms with Gasteiger partial charge in [-0.3, -0.25) is 0 Å². The molecule has 0 amide bonds. The predicted molar refractivity (Wildman–Crippen MR) is 73.9 cm³/mol. The molecule has 0 saturated heterocycles. The molecule has 0 aliphatic heterocycles. The lowest BCUT2D eigenvalue weighted by Crippen LogP contribution is -2.45. The molecule has 2 atom stereocenters. The minimum Gasteiger partial charge on any atom is -0.316 e. The molecule has 0 aromatic rings. The smallest absolute Gasteiger partial charge is 0.00871 e. The van der Waals surface area contributed by atoms with Crippen molar-refractivity contribution in [3.63, 3.8) is 0 Å². The zero-order valence-electron chi connectivity index (χ0n) is 12.4. The van der Waals surface area contributed by atoms with Crippen LogP contribution < -0.4 is 5.32 Å². The molecular weight excluding hydrogens is 196 g/mol. The van der Waals surface area contributed by atoms with E-state index >= 15 is 0 Å². The van der Waals surface area contributed by atoms with Crippen LogP contribution in [0.15, 0.2) is 0 Å². The Hall–Kier alpha value is -0.0800. The van der Waals surface area contributed by atoms with Gasteiger partial charge in [-0.05, 0) is 38.3 Å². The van der Waals surface area contributed by atoms with E-state index in [1.165, 1.54) is 13.0 Å². The predicted octanol–water partition coefficient (Wildman–Crippen LogP) is 2.99. The summed E-state index contributed by atoms with van der Waals surface area (Å²) in [5.41, 5.74) is 0.397. The van der Waals surface area contributed by atoms with Gasteiger partial charge in [-0.25, -0.2) is 0 Å². The number of nitrogens with one attached hydrogen (secondary N) is 1. The van der Waals surface area contributed by atoms with Crippen LogP contribution in [0.3, 0.4) is 0 Å². The van der Waals surface area contributed by atoms with Crippen LogP contribution >= 0.6 is 0 Å². The zero-order valence-corrected chi connectivity index (χ0v) is 12.4. The van der Waals surface area contributed by atoms with Gasteiger partial charge in [0.2, 0.25) is 0 Å². The first-order chi connectivity index (χ1) is 7.36. The molecule has 2 heteroatoms. The number of hydrogen-bond acceptors (Lipinski definition) is 2. The van der Waals surface area contributed by atoms with Crippen molar-refractivity contribution >= 4 is 0 Å². The van der Waals surface area contributed by atoms with Crippen molar-refractivity contribution in [2.45, 2.75) is 54.0 Å². The average molecular weight is 228 g/mol. The fourth-order valence-corrected chi connectivity index (χ4v) is 1.97. The second-order valence-corrected chi connectivity index (χ2v) is 5.84. The van der Waals surface area contributed by atoms with Crippen LogP contribution in [0.2, 0.25) is 0 Å². The lowest BCUT2D eigenvalue weighted by Gasteiger charge is -2.37. The fourth-order valence-electron chi connectivity index (χ4n) is 1.97. The Labute approximate surface area is 103 Å². The molecule has 0 radical (unpaired) electrons. The van der Waals surface area contributed by atoms with Gasteiger partial charge in [0.1, 0.15) is 0 Å². The van der Waals surface area contributed by atoms with Gasteiger partial charge in [0, 0.05) is 19.1 Å². The van der Waals surface area contributed by atoms with Crippen LogP contribution in [-0.2, 0) is 0 Å². The Morgan fingerprint density at radius 3 is 2.12 bits per heavy atom. The minimum atomic E-state index is 0.397. The Kier molecular flexibility index (Phi) is 7.25. The molecule has 0 fully saturated rings. The molecule has 0 aliphatic carbocycles. The molecule has 2 nitrogen and oxygen atoms in total. The topological polar surface area (TPSA) is 15.3 Å². The first kappa shape index (κ1) is 15.9. The van der Waals surface area contributed by atoms with E-state index in [-0.39, 0.29) is 0 Å². The van der Waals surface area contributed by atoms with Crippen molar-refractivity contribution in [3.8, 4) is 0 Å². The van der Waals surface area contributed by atoms with Crippen LogP contribution in [0.5, 0.6) is 0 Å². The lowest BCUT2D eigenvalue weighted by atomic mass is 9.86. The van der Waals surface area contributed by atoms with E-state index in [0.717, 1.165) is 19.0 Å². The molecule has 0 aliphatic rings. The zero-order chi connectivity index (χ0) is 12.8. The van der Waals surface area contributed by atoms with Crippen molar-refractivity contribution in [2.75, 3.05) is 26.7 Å². The first-order valence-corrected chi connectivity index (χ1v) is 6.77. The highest BCUT2D eigenvalue weighted by Gasteiger charge is 2.26. The molecule has 0 aromatic carbocycles. The quantitative estimate of drug-likeness (QED) is 0.687. The highest BCUT2D eigenvalue weighted by Crippen LogP contribution is 2.23. The maximum absolute atomic E-state index is 3.49. The van der Waals surface area contributed by atoms with Gasteiger partial charge >= 0.3 is 0 Å². The maximum Gasteiger partial charge on any atom is 0.00871 e. The third-order valence-corrected chi connectivity index (χ3v) is 3.95. The summed E-state index contributed by atoms with van der Waals surface area (Å²) in [5, 5.41) is 3.49. The van der Waals surface area contributed by atoms with Gasteiger partial charge in [0.05, 0.1) is 0 Å². The fraction of sp³-hybridized carbons (Fsp3) is 1.00. The van der Waals surface area contributed by atoms with Gasteiger partial charge in [0.25, 0.3) is 0 Å². The number of rotatable bonds is 8. The average Bonchev–Trinajstić information content (AvgIpc) is 2.25. The van der Waals surface area contributed by atoms with E-state index in [2.05, 4.69) is 58.8 Å². The largest absolute Gasteiger partial charge is 0.316 e. The lowest BCUT2D eigenvalue weighted by molar-refractivity contribution is 0.125. The van der Waals surface area contributed by atoms with Crippen LogP contribution in [0.1, 0.15) is 48.0 Å². The Balaban J connectivity index is 4.29. The summed E-state index contributed by atoms with van der Waals surface area (Å²) in [7, 11) is 2.25. The summed E-state index contributed by atoms with van der Waals surface area (Å²) in [4.78, 5) is 2.51. The number of hydrogen-bond donors (Lipinski definition) is 1. The highest BCUT2D eigenvalue weighted by atomic mass is 15.1. The minimum absolute atomic E-state index is 0.397. The summed E-state index contributed by atoms with van der Waals surface area (Å²) < 4.78 is 0. The Morgan fingerprint density at radius 2 is 1.75 bits per heavy atom. The molecule has 98 valence electrons. The van der Waals surface area contributed by atoms with Crippen molar-refractivity contribution in [1.29, 1.82) is 0 Å². The first-order valence-electron chi connectivity index (χ1n) is 6.77. The van der Waals surface area contributed by atoms with Crippen LogP contribution in [0.25, 0.3) is 0 Å². The molecule has 0 bridgehead atoms. The Bertz CT molecular complexity index is 180. The summed E-state index contributed by atoms with van der Waals surface area (Å²) in [6.45, 7) is 17.2. The van der Waals surface area contributed by atoms with E-state index < -0.39 is 0 Å². The van der Waals surface area contributed by atoms with Gasteiger partial charge in [0.15, 0.2) is 0 Å². The van der Waals surface area contributed by atoms with Crippen molar-refractivity contribution < 1.29 is 0 Å². The standard InChI is InChI=1S/C14H32N2/c1-8-14(6,10-15-9-2)11-16(7)13(5)12(3)4/h12-13,15H,8-11H2,1-7H3. The molecule has 0 heterocycles. The van der Waals surface area contributed by atoms with Crippen molar-refractivity contribution in [3.05, 3.63) is 0 Å². The Morgan fingerprint density at radius 1 is 1.19 bits per heavy atom. The maximum atomic E-state index is 3.49. The molecule has 0 rings (SSSR count). The number of nitrogens with zero attached hydrogens (tertiary/aromatic N) is 1. The molecular formula is C14H32N2. The molecule has 0 spiro atoms. The second-order valence-electron chi connectivity index (χ2n) is 5.84. The van der Waals surface area contributed by atoms with E-state index in [9.17, 15) is 0 Å². The van der Waals surface area contributed by atoms with Gasteiger partial charge in [-0.1, -0.05) is 34.6 Å². The SMILES string of the molecule is CCNCC(C)(CC)CN(C)C(C)C(C)C. The third kappa shape index (κ3) is 5.31. The van der Waals surface area contributed by atoms with Crippen molar-refractivity contribution in [2.24, 2.45) is 11.3 Å². The van der Waals surface area contributed by atoms with E-state index in [4.69, 9.17) is 0 Å². The summed E-state index contributed by atoms with van der Waals surface area (Å²) in [5.74, 6) is 0.727. The highest BCUT2D eigenvalue weighted by molar-refractivity contribution is 4.81. The molecule has 0 aromatic heterocycles. The van der Waals surface area contributed by atoms with Gasteiger partial charge in [-0.15, -0.1) is 0 Å². The van der Waals surface area contributed by atoms with Gasteiger partial charge in [-0.2, -0.15) is 0 Å². The molecule has 2 unspecified atom stereocenters. The van der Waals surface area contributed by atoms with E-state index in [0.29, 0.717) is 11.5 Å². The van der Waals surface area contributed by atoms with Gasteiger partial charge < -0.3 is 10.2 Å². The third-order valence-electron chi connectivity index (χ3n) is 3.95. The summed E-state index contributed by atoms with van der Waals surface area (Å²) in [6, 6.07) is 0.660. The van der Waals surface area contributed by atoms with E-state index in [1.807, 2.05) is 0 Å². The molecule has 0 saturated carbocycles. The normalized spacial score (nSPS) is 17.8. The van der Waals surface area contributed by atoms with Crippen LogP contribution in [0, 0.1) is 11.3 Å². The monoisotopic (exact) mass is 228 g/mol. The second kappa shape index (κ2) is 7.29. The van der Waals surface area contributed by atoms with Crippen LogP contribution in [0.4, 0.5) is 0 Å². The van der Waals surface area contributed by atoms with E-state index in [1.54, 1.807) is 0 Å². The van der Waals surface area contributed by atoms with Crippen molar-refractivity contribution in [1.82, 2.24) is 10.2 Å². The summed E-state index contributed by atoms with van der Waals surface area (Å²) in [6.07, 6.45) is 1.23.